The molecule has 1 amide bonds. The Bertz CT molecular complexity index is 999. The summed E-state index contributed by atoms with van der Waals surface area (Å²) in [5.74, 6) is 0.557. The summed E-state index contributed by atoms with van der Waals surface area (Å²) in [6.07, 6.45) is 0. The number of amides is 1. The van der Waals surface area contributed by atoms with Gasteiger partial charge >= 0.3 is 0 Å². The van der Waals surface area contributed by atoms with E-state index >= 15 is 0 Å². The second kappa shape index (κ2) is 6.33. The molecular weight excluding hydrogens is 338 g/mol. The number of anilines is 1. The van der Waals surface area contributed by atoms with Gasteiger partial charge in [-0.3, -0.25) is 9.59 Å². The van der Waals surface area contributed by atoms with Crippen molar-refractivity contribution in [3.05, 3.63) is 39.9 Å². The molecule has 0 radical (unpaired) electrons. The number of carbonyl (C=O) groups is 1. The maximum Gasteiger partial charge on any atom is 0.231 e. The van der Waals surface area contributed by atoms with Crippen LogP contribution in [0.1, 0.15) is 20.8 Å². The Morgan fingerprint density at radius 3 is 2.72 bits per heavy atom. The van der Waals surface area contributed by atoms with Crippen LogP contribution in [0.15, 0.2) is 34.4 Å². The Balaban J connectivity index is 1.97. The first kappa shape index (κ1) is 17.2. The number of pyridine rings is 1. The summed E-state index contributed by atoms with van der Waals surface area (Å²) < 4.78 is 5.20. The number of nitrogens with one attached hydrogen (secondary N) is 2. The van der Waals surface area contributed by atoms with Gasteiger partial charge in [0.05, 0.1) is 24.0 Å². The van der Waals surface area contributed by atoms with Gasteiger partial charge in [-0.15, -0.1) is 11.3 Å². The summed E-state index contributed by atoms with van der Waals surface area (Å²) in [5, 5.41) is 5.69. The van der Waals surface area contributed by atoms with Gasteiger partial charge in [-0.1, -0.05) is 20.8 Å². The lowest BCUT2D eigenvalue weighted by Crippen LogP contribution is -2.27. The molecule has 0 aliphatic heterocycles. The molecule has 1 aromatic carbocycles. The van der Waals surface area contributed by atoms with Crippen molar-refractivity contribution in [3.63, 3.8) is 0 Å². The van der Waals surface area contributed by atoms with Gasteiger partial charge in [-0.25, -0.2) is 4.98 Å². The van der Waals surface area contributed by atoms with E-state index in [0.717, 1.165) is 0 Å². The van der Waals surface area contributed by atoms with Crippen molar-refractivity contribution in [1.29, 1.82) is 0 Å². The van der Waals surface area contributed by atoms with Crippen LogP contribution in [0.25, 0.3) is 22.3 Å². The Kier molecular flexibility index (Phi) is 4.34. The average Bonchev–Trinajstić information content (AvgIpc) is 3.01. The van der Waals surface area contributed by atoms with E-state index < -0.39 is 5.41 Å². The van der Waals surface area contributed by atoms with E-state index in [2.05, 4.69) is 15.3 Å². The molecule has 7 heteroatoms. The van der Waals surface area contributed by atoms with E-state index in [1.165, 1.54) is 17.4 Å². The Labute approximate surface area is 148 Å². The minimum Gasteiger partial charge on any atom is -0.497 e. The van der Waals surface area contributed by atoms with Gasteiger partial charge in [0.1, 0.15) is 5.75 Å². The number of benzene rings is 1. The highest BCUT2D eigenvalue weighted by Crippen LogP contribution is 2.26. The van der Waals surface area contributed by atoms with Crippen molar-refractivity contribution in [1.82, 2.24) is 9.97 Å². The lowest BCUT2D eigenvalue weighted by molar-refractivity contribution is -0.123. The average molecular weight is 357 g/mol. The first-order chi connectivity index (χ1) is 11.8. The maximum atomic E-state index is 12.3. The SMILES string of the molecule is COc1ccc2c(=O)cc(-c3csc(NC(=O)C(C)(C)C)n3)[nH]c2c1. The highest BCUT2D eigenvalue weighted by atomic mass is 32.1. The van der Waals surface area contributed by atoms with Crippen LogP contribution in [-0.2, 0) is 4.79 Å². The van der Waals surface area contributed by atoms with Crippen LogP contribution in [0, 0.1) is 5.41 Å². The predicted molar refractivity (Wildman–Crippen MR) is 100 cm³/mol. The van der Waals surface area contributed by atoms with E-state index in [-0.39, 0.29) is 11.3 Å². The zero-order valence-corrected chi connectivity index (χ0v) is 15.3. The van der Waals surface area contributed by atoms with Crippen molar-refractivity contribution in [3.8, 4) is 17.1 Å². The van der Waals surface area contributed by atoms with E-state index in [9.17, 15) is 9.59 Å². The van der Waals surface area contributed by atoms with Crippen LogP contribution >= 0.6 is 11.3 Å². The maximum absolute atomic E-state index is 12.3. The number of hydrogen-bond acceptors (Lipinski definition) is 5. The monoisotopic (exact) mass is 357 g/mol. The molecule has 0 fully saturated rings. The third-order valence-corrected chi connectivity index (χ3v) is 4.48. The first-order valence-electron chi connectivity index (χ1n) is 7.76. The number of methoxy groups -OCH3 is 1. The summed E-state index contributed by atoms with van der Waals surface area (Å²) in [6.45, 7) is 5.52. The van der Waals surface area contributed by atoms with Crippen LogP contribution in [0.3, 0.4) is 0 Å². The number of aromatic amines is 1. The molecule has 130 valence electrons. The molecule has 0 spiro atoms. The minimum absolute atomic E-state index is 0.0975. The number of H-pyrrole nitrogens is 1. The molecule has 25 heavy (non-hydrogen) atoms. The molecule has 0 atom stereocenters. The number of hydrogen-bond donors (Lipinski definition) is 2. The highest BCUT2D eigenvalue weighted by Gasteiger charge is 2.22. The molecule has 2 heterocycles. The molecule has 0 bridgehead atoms. The van der Waals surface area contributed by atoms with E-state index in [0.29, 0.717) is 33.2 Å². The summed E-state index contributed by atoms with van der Waals surface area (Å²) in [6, 6.07) is 6.77. The zero-order chi connectivity index (χ0) is 18.2. The molecule has 0 saturated heterocycles. The fourth-order valence-electron chi connectivity index (χ4n) is 2.24. The molecule has 0 saturated carbocycles. The largest absolute Gasteiger partial charge is 0.497 e. The minimum atomic E-state index is -0.500. The van der Waals surface area contributed by atoms with Crippen LogP contribution in [-0.4, -0.2) is 23.0 Å². The fourth-order valence-corrected chi connectivity index (χ4v) is 2.94. The third-order valence-electron chi connectivity index (χ3n) is 3.72. The van der Waals surface area contributed by atoms with Crippen LogP contribution < -0.4 is 15.5 Å². The van der Waals surface area contributed by atoms with Crippen LogP contribution in [0.2, 0.25) is 0 Å². The molecule has 3 rings (SSSR count). The number of nitrogens with zero attached hydrogens (tertiary/aromatic N) is 1. The second-order valence-corrected chi connectivity index (χ2v) is 7.56. The van der Waals surface area contributed by atoms with Crippen LogP contribution in [0.5, 0.6) is 5.75 Å². The van der Waals surface area contributed by atoms with Gasteiger partial charge in [-0.05, 0) is 12.1 Å². The molecule has 0 unspecified atom stereocenters. The third kappa shape index (κ3) is 3.56. The summed E-state index contributed by atoms with van der Waals surface area (Å²) in [4.78, 5) is 32.0. The van der Waals surface area contributed by atoms with Crippen molar-refractivity contribution in [2.75, 3.05) is 12.4 Å². The lowest BCUT2D eigenvalue weighted by Gasteiger charge is -2.15. The van der Waals surface area contributed by atoms with Crippen molar-refractivity contribution < 1.29 is 9.53 Å². The van der Waals surface area contributed by atoms with Gasteiger partial charge in [0.15, 0.2) is 10.6 Å². The van der Waals surface area contributed by atoms with Crippen molar-refractivity contribution >= 4 is 33.3 Å². The number of thiazole rings is 1. The normalized spacial score (nSPS) is 11.5. The lowest BCUT2D eigenvalue weighted by atomic mass is 9.96. The van der Waals surface area contributed by atoms with E-state index in [1.807, 2.05) is 20.8 Å². The summed E-state index contributed by atoms with van der Waals surface area (Å²) in [5.41, 5.74) is 1.28. The molecular formula is C18H19N3O3S. The molecule has 6 nitrogen and oxygen atoms in total. The number of aromatic nitrogens is 2. The highest BCUT2D eigenvalue weighted by molar-refractivity contribution is 7.14. The number of carbonyl (C=O) groups excluding carboxylic acids is 1. The number of ether oxygens (including phenoxy) is 1. The molecule has 0 aliphatic rings. The second-order valence-electron chi connectivity index (χ2n) is 6.70. The fraction of sp³-hybridized carbons (Fsp3) is 0.278. The van der Waals surface area contributed by atoms with E-state index in [1.54, 1.807) is 30.7 Å². The Morgan fingerprint density at radius 2 is 2.04 bits per heavy atom. The topological polar surface area (TPSA) is 84.1 Å². The standard InChI is InChI=1S/C18H19N3O3S/c1-18(2,3)16(23)21-17-20-14(9-25-17)13-8-15(22)11-6-5-10(24-4)7-12(11)19-13/h5-9H,1-4H3,(H,19,22)(H,20,21,23). The van der Waals surface area contributed by atoms with Crippen molar-refractivity contribution in [2.24, 2.45) is 5.41 Å². The Morgan fingerprint density at radius 1 is 1.28 bits per heavy atom. The van der Waals surface area contributed by atoms with Crippen LogP contribution in [0.4, 0.5) is 5.13 Å². The Hall–Kier alpha value is -2.67. The summed E-state index contributed by atoms with van der Waals surface area (Å²) in [7, 11) is 1.58. The molecule has 3 aromatic rings. The number of fused-ring (bicyclic) bond motifs is 1. The predicted octanol–water partition coefficient (Wildman–Crippen LogP) is 3.64. The molecule has 0 aliphatic carbocycles. The van der Waals surface area contributed by atoms with Gasteiger partial charge < -0.3 is 15.0 Å². The molecule has 2 aromatic heterocycles. The van der Waals surface area contributed by atoms with Gasteiger partial charge in [0.2, 0.25) is 5.91 Å². The van der Waals surface area contributed by atoms with E-state index in [4.69, 9.17) is 4.74 Å². The van der Waals surface area contributed by atoms with Gasteiger partial charge in [0.25, 0.3) is 0 Å². The van der Waals surface area contributed by atoms with Crippen molar-refractivity contribution in [2.45, 2.75) is 20.8 Å². The van der Waals surface area contributed by atoms with Gasteiger partial charge in [-0.2, -0.15) is 0 Å². The first-order valence-corrected chi connectivity index (χ1v) is 8.64. The summed E-state index contributed by atoms with van der Waals surface area (Å²) >= 11 is 1.32. The smallest absolute Gasteiger partial charge is 0.231 e. The quantitative estimate of drug-likeness (QED) is 0.749. The zero-order valence-electron chi connectivity index (χ0n) is 14.5. The van der Waals surface area contributed by atoms with Gasteiger partial charge in [0, 0.05) is 28.3 Å². The number of rotatable bonds is 3. The molecule has 2 N–H and O–H groups in total.